The fraction of sp³-hybridized carbons (Fsp3) is 0.538. The number of carbonyl (C=O) groups excluding carboxylic acids is 1. The maximum absolute atomic E-state index is 12.0. The second-order valence-electron chi connectivity index (χ2n) is 5.01. The van der Waals surface area contributed by atoms with E-state index in [-0.39, 0.29) is 6.04 Å². The third-order valence-electron chi connectivity index (χ3n) is 3.64. The normalized spacial score (nSPS) is 16.1. The van der Waals surface area contributed by atoms with Gasteiger partial charge in [-0.25, -0.2) is 9.59 Å². The van der Waals surface area contributed by atoms with Crippen molar-refractivity contribution < 1.29 is 14.7 Å². The first kappa shape index (κ1) is 14.2. The molecule has 0 bridgehead atoms. The summed E-state index contributed by atoms with van der Waals surface area (Å²) in [6.07, 6.45) is 4.17. The average Bonchev–Trinajstić information content (AvgIpc) is 2.38. The Hall–Kier alpha value is -2.18. The SMILES string of the molecule is CC(=O)c1c(C(=O)O)n(C2CCCCC2)c(=O)[nH]c1=O. The van der Waals surface area contributed by atoms with E-state index in [1.807, 2.05) is 4.98 Å². The van der Waals surface area contributed by atoms with E-state index in [0.717, 1.165) is 30.8 Å². The number of rotatable bonds is 3. The number of hydrogen-bond acceptors (Lipinski definition) is 4. The molecule has 2 rings (SSSR count). The Morgan fingerprint density at radius 2 is 1.80 bits per heavy atom. The summed E-state index contributed by atoms with van der Waals surface area (Å²) in [4.78, 5) is 48.7. The molecule has 0 atom stereocenters. The van der Waals surface area contributed by atoms with Crippen molar-refractivity contribution in [1.82, 2.24) is 9.55 Å². The van der Waals surface area contributed by atoms with Crippen LogP contribution in [0, 0.1) is 0 Å². The minimum atomic E-state index is -1.43. The van der Waals surface area contributed by atoms with E-state index in [2.05, 4.69) is 0 Å². The molecular weight excluding hydrogens is 264 g/mol. The van der Waals surface area contributed by atoms with Crippen molar-refractivity contribution >= 4 is 11.8 Å². The van der Waals surface area contributed by atoms with Crippen LogP contribution in [0.3, 0.4) is 0 Å². The van der Waals surface area contributed by atoms with Gasteiger partial charge >= 0.3 is 11.7 Å². The van der Waals surface area contributed by atoms with E-state index in [1.165, 1.54) is 0 Å². The van der Waals surface area contributed by atoms with Crippen LogP contribution in [0.5, 0.6) is 0 Å². The molecule has 1 aromatic rings. The third-order valence-corrected chi connectivity index (χ3v) is 3.64. The zero-order chi connectivity index (χ0) is 14.9. The fourth-order valence-electron chi connectivity index (χ4n) is 2.77. The minimum Gasteiger partial charge on any atom is -0.477 e. The summed E-state index contributed by atoms with van der Waals surface area (Å²) < 4.78 is 1.07. The number of Topliss-reactive ketones (excluding diaryl/α,β-unsaturated/α-hetero) is 1. The second kappa shape index (κ2) is 5.44. The lowest BCUT2D eigenvalue weighted by Gasteiger charge is -2.25. The number of H-pyrrole nitrogens is 1. The van der Waals surface area contributed by atoms with E-state index >= 15 is 0 Å². The second-order valence-corrected chi connectivity index (χ2v) is 5.01. The molecule has 0 unspecified atom stereocenters. The van der Waals surface area contributed by atoms with Crippen molar-refractivity contribution in [2.45, 2.75) is 45.1 Å². The molecule has 1 aliphatic rings. The van der Waals surface area contributed by atoms with Gasteiger partial charge in [0.15, 0.2) is 5.78 Å². The summed E-state index contributed by atoms with van der Waals surface area (Å²) in [5.74, 6) is -2.09. The van der Waals surface area contributed by atoms with E-state index < -0.39 is 34.3 Å². The largest absolute Gasteiger partial charge is 0.477 e. The number of aromatic amines is 1. The van der Waals surface area contributed by atoms with Crippen LogP contribution in [0.4, 0.5) is 0 Å². The summed E-state index contributed by atoms with van der Waals surface area (Å²) in [5.41, 5.74) is -2.64. The summed E-state index contributed by atoms with van der Waals surface area (Å²) in [5, 5.41) is 9.31. The quantitative estimate of drug-likeness (QED) is 0.801. The number of aromatic carboxylic acids is 1. The molecule has 108 valence electrons. The molecular formula is C13H16N2O5. The van der Waals surface area contributed by atoms with Crippen LogP contribution in [-0.4, -0.2) is 26.4 Å². The minimum absolute atomic E-state index is 0.280. The molecule has 7 nitrogen and oxygen atoms in total. The number of ketones is 1. The lowest BCUT2D eigenvalue weighted by atomic mass is 9.94. The Kier molecular flexibility index (Phi) is 3.87. The highest BCUT2D eigenvalue weighted by Crippen LogP contribution is 2.28. The predicted molar refractivity (Wildman–Crippen MR) is 70.4 cm³/mol. The van der Waals surface area contributed by atoms with Gasteiger partial charge in [0.25, 0.3) is 5.56 Å². The van der Waals surface area contributed by atoms with Crippen molar-refractivity contribution in [2.24, 2.45) is 0 Å². The number of carbonyl (C=O) groups is 2. The molecule has 0 radical (unpaired) electrons. The molecule has 7 heteroatoms. The van der Waals surface area contributed by atoms with Crippen LogP contribution in [0.25, 0.3) is 0 Å². The molecule has 1 aromatic heterocycles. The van der Waals surface area contributed by atoms with Crippen LogP contribution in [-0.2, 0) is 0 Å². The fourth-order valence-corrected chi connectivity index (χ4v) is 2.77. The predicted octanol–water partition coefficient (Wildman–Crippen LogP) is 0.943. The van der Waals surface area contributed by atoms with Crippen molar-refractivity contribution in [3.8, 4) is 0 Å². The first-order valence-corrected chi connectivity index (χ1v) is 6.56. The summed E-state index contributed by atoms with van der Waals surface area (Å²) in [6, 6.07) is -0.280. The lowest BCUT2D eigenvalue weighted by molar-refractivity contribution is 0.0672. The molecule has 20 heavy (non-hydrogen) atoms. The van der Waals surface area contributed by atoms with Crippen LogP contribution >= 0.6 is 0 Å². The van der Waals surface area contributed by atoms with Gasteiger partial charge in [0.05, 0.1) is 0 Å². The van der Waals surface area contributed by atoms with Gasteiger partial charge in [0, 0.05) is 6.04 Å². The molecule has 2 N–H and O–H groups in total. The molecule has 0 spiro atoms. The molecule has 1 saturated carbocycles. The molecule has 0 aromatic carbocycles. The first-order chi connectivity index (χ1) is 9.43. The summed E-state index contributed by atoms with van der Waals surface area (Å²) in [6.45, 7) is 1.12. The van der Waals surface area contributed by atoms with Crippen molar-refractivity contribution in [1.29, 1.82) is 0 Å². The highest BCUT2D eigenvalue weighted by Gasteiger charge is 2.28. The zero-order valence-corrected chi connectivity index (χ0v) is 11.1. The van der Waals surface area contributed by atoms with Crippen LogP contribution < -0.4 is 11.2 Å². The van der Waals surface area contributed by atoms with E-state index in [9.17, 15) is 24.3 Å². The Bertz CT molecular complexity index is 664. The zero-order valence-electron chi connectivity index (χ0n) is 11.1. The van der Waals surface area contributed by atoms with Crippen LogP contribution in [0.1, 0.15) is 65.9 Å². The smallest absolute Gasteiger partial charge is 0.353 e. The number of carboxylic acids is 1. The van der Waals surface area contributed by atoms with Gasteiger partial charge in [-0.1, -0.05) is 19.3 Å². The number of nitrogens with one attached hydrogen (secondary N) is 1. The first-order valence-electron chi connectivity index (χ1n) is 6.56. The van der Waals surface area contributed by atoms with Crippen LogP contribution in [0.15, 0.2) is 9.59 Å². The highest BCUT2D eigenvalue weighted by molar-refractivity contribution is 6.03. The number of hydrogen-bond donors (Lipinski definition) is 2. The van der Waals surface area contributed by atoms with Crippen molar-refractivity contribution in [3.05, 3.63) is 32.1 Å². The number of nitrogens with zero attached hydrogens (tertiary/aromatic N) is 1. The Labute approximate surface area is 114 Å². The standard InChI is InChI=1S/C13H16N2O5/c1-7(16)9-10(12(18)19)15(13(20)14-11(9)17)8-5-3-2-4-6-8/h8H,2-6H2,1H3,(H,18,19)(H,14,17,20). The van der Waals surface area contributed by atoms with Gasteiger partial charge in [-0.3, -0.25) is 19.1 Å². The van der Waals surface area contributed by atoms with Gasteiger partial charge in [0.2, 0.25) is 0 Å². The maximum Gasteiger partial charge on any atom is 0.353 e. The Balaban J connectivity index is 2.75. The lowest BCUT2D eigenvalue weighted by Crippen LogP contribution is -2.40. The van der Waals surface area contributed by atoms with Crippen LogP contribution in [0.2, 0.25) is 0 Å². The molecule has 1 heterocycles. The molecule has 1 fully saturated rings. The van der Waals surface area contributed by atoms with E-state index in [4.69, 9.17) is 0 Å². The Morgan fingerprint density at radius 1 is 1.20 bits per heavy atom. The van der Waals surface area contributed by atoms with Crippen molar-refractivity contribution in [2.75, 3.05) is 0 Å². The average molecular weight is 280 g/mol. The maximum atomic E-state index is 12.0. The van der Waals surface area contributed by atoms with Crippen molar-refractivity contribution in [3.63, 3.8) is 0 Å². The van der Waals surface area contributed by atoms with Gasteiger partial charge in [-0.05, 0) is 19.8 Å². The topological polar surface area (TPSA) is 109 Å². The molecule has 0 aliphatic heterocycles. The molecule has 1 aliphatic carbocycles. The van der Waals surface area contributed by atoms with Gasteiger partial charge in [-0.15, -0.1) is 0 Å². The molecule has 0 saturated heterocycles. The Morgan fingerprint density at radius 3 is 2.30 bits per heavy atom. The highest BCUT2D eigenvalue weighted by atomic mass is 16.4. The summed E-state index contributed by atoms with van der Waals surface area (Å²) >= 11 is 0. The molecule has 0 amide bonds. The van der Waals surface area contributed by atoms with E-state index in [1.54, 1.807) is 0 Å². The van der Waals surface area contributed by atoms with E-state index in [0.29, 0.717) is 12.8 Å². The third kappa shape index (κ3) is 2.43. The van der Waals surface area contributed by atoms with Gasteiger partial charge in [-0.2, -0.15) is 0 Å². The van der Waals surface area contributed by atoms with Gasteiger partial charge < -0.3 is 5.11 Å². The summed E-state index contributed by atoms with van der Waals surface area (Å²) in [7, 11) is 0. The number of aromatic nitrogens is 2. The monoisotopic (exact) mass is 280 g/mol. The van der Waals surface area contributed by atoms with Gasteiger partial charge in [0.1, 0.15) is 11.3 Å². The number of carboxylic acid groups (broad SMARTS) is 1.